The molecule has 0 radical (unpaired) electrons. The maximum absolute atomic E-state index is 14.0. The first-order valence-electron chi connectivity index (χ1n) is 20.0. The van der Waals surface area contributed by atoms with E-state index in [4.69, 9.17) is 10.8 Å². The van der Waals surface area contributed by atoms with Crippen molar-refractivity contribution in [2.24, 2.45) is 17.6 Å². The van der Waals surface area contributed by atoms with E-state index >= 15 is 0 Å². The quantitative estimate of drug-likeness (QED) is 0.0550. The molecule has 0 aliphatic heterocycles. The predicted octanol–water partition coefficient (Wildman–Crippen LogP) is -0.339. The molecule has 2 aromatic carbocycles. The summed E-state index contributed by atoms with van der Waals surface area (Å²) in [6, 6.07) is 5.49. The van der Waals surface area contributed by atoms with Crippen LogP contribution in [0.4, 0.5) is 0 Å². The summed E-state index contributed by atoms with van der Waals surface area (Å²) in [7, 11) is 0. The van der Waals surface area contributed by atoms with Gasteiger partial charge in [0.25, 0.3) is 0 Å². The number of carbonyl (C=O) groups is 8. The van der Waals surface area contributed by atoms with Crippen LogP contribution in [-0.2, 0) is 57.6 Å². The van der Waals surface area contributed by atoms with Gasteiger partial charge in [0, 0.05) is 31.2 Å². The van der Waals surface area contributed by atoms with Crippen LogP contribution in [-0.4, -0.2) is 115 Å². The molecule has 0 saturated heterocycles. The van der Waals surface area contributed by atoms with Crippen LogP contribution >= 0.6 is 0 Å². The molecule has 62 heavy (non-hydrogen) atoms. The van der Waals surface area contributed by atoms with Gasteiger partial charge in [-0.25, -0.2) is 9.78 Å². The Kier molecular flexibility index (Phi) is 19.0. The lowest BCUT2D eigenvalue weighted by Crippen LogP contribution is -2.60. The van der Waals surface area contributed by atoms with Gasteiger partial charge in [0.1, 0.15) is 42.0 Å². The van der Waals surface area contributed by atoms with Crippen LogP contribution in [0.2, 0.25) is 0 Å². The second-order valence-electron chi connectivity index (χ2n) is 15.7. The van der Waals surface area contributed by atoms with Crippen LogP contribution in [0.5, 0.6) is 5.75 Å². The minimum atomic E-state index is -1.78. The van der Waals surface area contributed by atoms with Crippen LogP contribution in [0.1, 0.15) is 64.3 Å². The number of benzene rings is 2. The first kappa shape index (κ1) is 49.5. The summed E-state index contributed by atoms with van der Waals surface area (Å²) in [6.45, 7) is 8.33. The van der Waals surface area contributed by atoms with E-state index in [0.717, 1.165) is 0 Å². The zero-order chi connectivity index (χ0) is 46.1. The Bertz CT molecular complexity index is 1990. The van der Waals surface area contributed by atoms with E-state index in [1.54, 1.807) is 70.2 Å². The van der Waals surface area contributed by atoms with Crippen LogP contribution in [0.3, 0.4) is 0 Å². The average molecular weight is 864 g/mol. The molecular weight excluding hydrogens is 807 g/mol. The summed E-state index contributed by atoms with van der Waals surface area (Å²) < 4.78 is 0. The van der Waals surface area contributed by atoms with Crippen molar-refractivity contribution in [3.05, 3.63) is 83.9 Å². The highest BCUT2D eigenvalue weighted by atomic mass is 16.4. The molecule has 1 aromatic heterocycles. The zero-order valence-corrected chi connectivity index (χ0v) is 35.2. The number of hydrogen-bond donors (Lipinski definition) is 11. The lowest BCUT2D eigenvalue weighted by atomic mass is 10.0. The third-order valence-electron chi connectivity index (χ3n) is 9.64. The van der Waals surface area contributed by atoms with E-state index in [1.807, 2.05) is 0 Å². The summed E-state index contributed by atoms with van der Waals surface area (Å²) >= 11 is 0. The standard InChI is InChI=1S/C42H57N9O11/c1-22(2)15-29(38(57)51-33(42(61)62)19-34(53)54)48-40(59)32(18-27-20-44-21-45-27)47-36(55)24(5)46-37(56)30(16-25-9-7-6-8-10-25)49-39(58)31(50-41(60)35(43)23(3)4)17-26-11-13-28(52)14-12-26/h6-14,20-24,29-33,35,52H,15-19,43H2,1-5H3,(H,44,45)(H,46,56)(H,47,55)(H,48,59)(H,49,58)(H,50,60)(H,51,57)(H,53,54)(H,61,62). The van der Waals surface area contributed by atoms with Crippen LogP contribution < -0.4 is 37.6 Å². The molecule has 3 rings (SSSR count). The number of rotatable bonds is 24. The van der Waals surface area contributed by atoms with Gasteiger partial charge in [-0.1, -0.05) is 70.2 Å². The highest BCUT2D eigenvalue weighted by Gasteiger charge is 2.34. The number of phenolic OH excluding ortho intramolecular Hbond substituents is 1. The summed E-state index contributed by atoms with van der Waals surface area (Å²) in [4.78, 5) is 111. The molecule has 0 fully saturated rings. The summed E-state index contributed by atoms with van der Waals surface area (Å²) in [5, 5.41) is 43.6. The molecule has 0 spiro atoms. The van der Waals surface area contributed by atoms with E-state index in [0.29, 0.717) is 16.8 Å². The highest BCUT2D eigenvalue weighted by molar-refractivity contribution is 5.97. The number of aromatic hydroxyl groups is 1. The van der Waals surface area contributed by atoms with Gasteiger partial charge in [0.15, 0.2) is 0 Å². The number of hydrogen-bond acceptors (Lipinski definition) is 11. The van der Waals surface area contributed by atoms with E-state index < -0.39 is 96.1 Å². The van der Waals surface area contributed by atoms with Gasteiger partial charge in [0.05, 0.1) is 18.8 Å². The van der Waals surface area contributed by atoms with Gasteiger partial charge < -0.3 is 57.9 Å². The van der Waals surface area contributed by atoms with Crippen molar-refractivity contribution in [2.75, 3.05) is 0 Å². The van der Waals surface area contributed by atoms with Gasteiger partial charge in [-0.3, -0.25) is 33.6 Å². The molecule has 6 amide bonds. The fourth-order valence-corrected chi connectivity index (χ4v) is 6.10. The number of nitrogens with zero attached hydrogens (tertiary/aromatic N) is 1. The lowest BCUT2D eigenvalue weighted by molar-refractivity contribution is -0.147. The third-order valence-corrected chi connectivity index (χ3v) is 9.64. The monoisotopic (exact) mass is 863 g/mol. The smallest absolute Gasteiger partial charge is 0.326 e. The van der Waals surface area contributed by atoms with Crippen molar-refractivity contribution in [3.63, 3.8) is 0 Å². The number of carboxylic acids is 2. The molecule has 7 unspecified atom stereocenters. The van der Waals surface area contributed by atoms with Crippen LogP contribution in [0.15, 0.2) is 67.1 Å². The molecule has 0 aliphatic carbocycles. The Morgan fingerprint density at radius 3 is 1.61 bits per heavy atom. The van der Waals surface area contributed by atoms with E-state index in [2.05, 4.69) is 41.9 Å². The van der Waals surface area contributed by atoms with Gasteiger partial charge in [0.2, 0.25) is 35.4 Å². The third kappa shape index (κ3) is 16.3. The number of aliphatic carboxylic acids is 2. The molecule has 0 bridgehead atoms. The second kappa shape index (κ2) is 23.8. The van der Waals surface area contributed by atoms with Crippen molar-refractivity contribution < 1.29 is 53.7 Å². The number of aromatic amines is 1. The number of carbonyl (C=O) groups excluding carboxylic acids is 6. The first-order valence-corrected chi connectivity index (χ1v) is 20.0. The molecule has 20 nitrogen and oxygen atoms in total. The second-order valence-corrected chi connectivity index (χ2v) is 15.7. The van der Waals surface area contributed by atoms with E-state index in [-0.39, 0.29) is 43.3 Å². The van der Waals surface area contributed by atoms with Crippen LogP contribution in [0.25, 0.3) is 0 Å². The molecule has 7 atom stereocenters. The molecule has 0 saturated carbocycles. The lowest BCUT2D eigenvalue weighted by Gasteiger charge is -2.27. The zero-order valence-electron chi connectivity index (χ0n) is 35.2. The number of carboxylic acid groups (broad SMARTS) is 2. The Balaban J connectivity index is 1.85. The van der Waals surface area contributed by atoms with Gasteiger partial charge >= 0.3 is 11.9 Å². The number of nitrogens with one attached hydrogen (secondary N) is 7. The van der Waals surface area contributed by atoms with Crippen molar-refractivity contribution in [2.45, 2.75) is 109 Å². The van der Waals surface area contributed by atoms with Crippen molar-refractivity contribution in [3.8, 4) is 5.75 Å². The SMILES string of the molecule is CC(C)CC(NC(=O)C(Cc1cnc[nH]1)NC(=O)C(C)NC(=O)C(Cc1ccccc1)NC(=O)C(Cc1ccc(O)cc1)NC(=O)C(N)C(C)C)C(=O)NC(CC(=O)O)C(=O)O. The fraction of sp³-hybridized carbons (Fsp3) is 0.452. The van der Waals surface area contributed by atoms with Crippen molar-refractivity contribution in [1.82, 2.24) is 41.9 Å². The molecule has 0 aliphatic rings. The van der Waals surface area contributed by atoms with Gasteiger partial charge in [-0.15, -0.1) is 0 Å². The molecule has 20 heteroatoms. The number of amides is 6. The van der Waals surface area contributed by atoms with Crippen LogP contribution in [0, 0.1) is 11.8 Å². The van der Waals surface area contributed by atoms with E-state index in [1.165, 1.54) is 31.6 Å². The Morgan fingerprint density at radius 2 is 1.10 bits per heavy atom. The maximum atomic E-state index is 14.0. The minimum absolute atomic E-state index is 0.00464. The summed E-state index contributed by atoms with van der Waals surface area (Å²) in [5.41, 5.74) is 7.73. The maximum Gasteiger partial charge on any atom is 0.326 e. The number of phenols is 1. The largest absolute Gasteiger partial charge is 0.508 e. The highest BCUT2D eigenvalue weighted by Crippen LogP contribution is 2.14. The Morgan fingerprint density at radius 1 is 0.613 bits per heavy atom. The van der Waals surface area contributed by atoms with Gasteiger partial charge in [-0.2, -0.15) is 0 Å². The summed E-state index contributed by atoms with van der Waals surface area (Å²) in [5.74, 6) is -8.27. The first-order chi connectivity index (χ1) is 29.2. The number of H-pyrrole nitrogens is 1. The van der Waals surface area contributed by atoms with Gasteiger partial charge in [-0.05, 0) is 48.4 Å². The molecule has 1 heterocycles. The average Bonchev–Trinajstić information content (AvgIpc) is 3.73. The van der Waals surface area contributed by atoms with E-state index in [9.17, 15) is 48.6 Å². The molecular formula is C42H57N9O11. The normalized spacial score (nSPS) is 14.5. The predicted molar refractivity (Wildman–Crippen MR) is 224 cm³/mol. The molecule has 12 N–H and O–H groups in total. The Labute approximate surface area is 358 Å². The number of nitrogens with two attached hydrogens (primary N) is 1. The Hall–Kier alpha value is -6.83. The summed E-state index contributed by atoms with van der Waals surface area (Å²) in [6.07, 6.45) is 1.65. The number of aromatic nitrogens is 2. The topological polar surface area (TPSA) is 324 Å². The minimum Gasteiger partial charge on any atom is -0.508 e. The van der Waals surface area contributed by atoms with Crippen molar-refractivity contribution >= 4 is 47.4 Å². The fourth-order valence-electron chi connectivity index (χ4n) is 6.10. The molecule has 336 valence electrons. The molecule has 3 aromatic rings. The number of imidazole rings is 1. The van der Waals surface area contributed by atoms with Crippen molar-refractivity contribution in [1.29, 1.82) is 0 Å².